The third-order valence-electron chi connectivity index (χ3n) is 5.90. The lowest BCUT2D eigenvalue weighted by molar-refractivity contribution is 0.0936. The third-order valence-corrected chi connectivity index (χ3v) is 5.90. The third kappa shape index (κ3) is 4.74. The molecule has 4 aromatic rings. The zero-order chi connectivity index (χ0) is 24.4. The van der Waals surface area contributed by atoms with E-state index in [0.29, 0.717) is 18.2 Å². The van der Waals surface area contributed by atoms with Crippen LogP contribution in [0.4, 0.5) is 5.95 Å². The van der Waals surface area contributed by atoms with Crippen molar-refractivity contribution in [3.8, 4) is 5.75 Å². The summed E-state index contributed by atoms with van der Waals surface area (Å²) < 4.78 is 8.74. The fourth-order valence-electron chi connectivity index (χ4n) is 3.87. The maximum Gasteiger partial charge on any atom is 0.329 e. The SMILES string of the molecule is Cc1ccc(OC[C@H](O)Cn2c(N(C)Cc3ccccc3)nc3c2c(=O)[nH]c(=O)n3C)cc1C. The molecule has 2 N–H and O–H groups in total. The van der Waals surface area contributed by atoms with Crippen molar-refractivity contribution in [1.29, 1.82) is 0 Å². The van der Waals surface area contributed by atoms with Crippen molar-refractivity contribution in [1.82, 2.24) is 19.1 Å². The molecular formula is C25H29N5O4. The maximum atomic E-state index is 12.7. The van der Waals surface area contributed by atoms with Gasteiger partial charge in [-0.3, -0.25) is 14.3 Å². The van der Waals surface area contributed by atoms with Crippen molar-refractivity contribution in [2.75, 3.05) is 18.6 Å². The molecular weight excluding hydrogens is 434 g/mol. The minimum absolute atomic E-state index is 0.0354. The van der Waals surface area contributed by atoms with Gasteiger partial charge in [0.1, 0.15) is 18.5 Å². The molecule has 178 valence electrons. The number of hydrogen-bond donors (Lipinski definition) is 2. The Morgan fingerprint density at radius 1 is 1.12 bits per heavy atom. The number of aliphatic hydroxyl groups is 1. The molecule has 4 rings (SSSR count). The van der Waals surface area contributed by atoms with Crippen LogP contribution in [0.3, 0.4) is 0 Å². The lowest BCUT2D eigenvalue weighted by Crippen LogP contribution is -2.31. The number of aliphatic hydroxyl groups excluding tert-OH is 1. The molecule has 0 bridgehead atoms. The number of nitrogens with zero attached hydrogens (tertiary/aromatic N) is 4. The highest BCUT2D eigenvalue weighted by molar-refractivity contribution is 5.74. The Morgan fingerprint density at radius 3 is 2.56 bits per heavy atom. The zero-order valence-electron chi connectivity index (χ0n) is 19.8. The minimum Gasteiger partial charge on any atom is -0.491 e. The van der Waals surface area contributed by atoms with Crippen LogP contribution in [0.25, 0.3) is 11.2 Å². The number of H-pyrrole nitrogens is 1. The van der Waals surface area contributed by atoms with E-state index in [0.717, 1.165) is 16.7 Å². The summed E-state index contributed by atoms with van der Waals surface area (Å²) in [5.74, 6) is 1.13. The smallest absolute Gasteiger partial charge is 0.329 e. The minimum atomic E-state index is -0.917. The molecule has 0 spiro atoms. The number of aromatic nitrogens is 4. The van der Waals surface area contributed by atoms with E-state index >= 15 is 0 Å². The second-order valence-electron chi connectivity index (χ2n) is 8.57. The molecule has 0 aliphatic heterocycles. The maximum absolute atomic E-state index is 12.7. The Labute approximate surface area is 196 Å². The molecule has 1 atom stereocenters. The van der Waals surface area contributed by atoms with E-state index in [1.807, 2.05) is 74.3 Å². The summed E-state index contributed by atoms with van der Waals surface area (Å²) in [5, 5.41) is 10.8. The molecule has 9 nitrogen and oxygen atoms in total. The summed E-state index contributed by atoms with van der Waals surface area (Å²) in [6.45, 7) is 4.66. The first-order valence-electron chi connectivity index (χ1n) is 11.1. The topological polar surface area (TPSA) is 105 Å². The van der Waals surface area contributed by atoms with E-state index in [-0.39, 0.29) is 24.3 Å². The number of ether oxygens (including phenoxy) is 1. The van der Waals surface area contributed by atoms with Gasteiger partial charge in [-0.25, -0.2) is 4.79 Å². The van der Waals surface area contributed by atoms with Gasteiger partial charge in [-0.05, 0) is 42.7 Å². The number of anilines is 1. The van der Waals surface area contributed by atoms with E-state index in [4.69, 9.17) is 4.74 Å². The van der Waals surface area contributed by atoms with Gasteiger partial charge in [0, 0.05) is 20.6 Å². The van der Waals surface area contributed by atoms with Crippen molar-refractivity contribution in [2.24, 2.45) is 7.05 Å². The van der Waals surface area contributed by atoms with Crippen LogP contribution in [-0.2, 0) is 20.1 Å². The van der Waals surface area contributed by atoms with Gasteiger partial charge in [0.15, 0.2) is 11.2 Å². The molecule has 0 aliphatic rings. The van der Waals surface area contributed by atoms with E-state index in [1.54, 1.807) is 11.6 Å². The Bertz CT molecular complexity index is 1420. The number of fused-ring (bicyclic) bond motifs is 1. The van der Waals surface area contributed by atoms with Crippen LogP contribution in [0.1, 0.15) is 16.7 Å². The molecule has 0 saturated heterocycles. The second kappa shape index (κ2) is 9.56. The Balaban J connectivity index is 1.65. The number of imidazole rings is 1. The van der Waals surface area contributed by atoms with Gasteiger partial charge in [-0.15, -0.1) is 0 Å². The van der Waals surface area contributed by atoms with Crippen LogP contribution in [0.2, 0.25) is 0 Å². The lowest BCUT2D eigenvalue weighted by atomic mass is 10.1. The highest BCUT2D eigenvalue weighted by Gasteiger charge is 2.22. The van der Waals surface area contributed by atoms with E-state index in [9.17, 15) is 14.7 Å². The molecule has 2 aromatic heterocycles. The van der Waals surface area contributed by atoms with Crippen LogP contribution in [0.5, 0.6) is 5.75 Å². The average Bonchev–Trinajstić information content (AvgIpc) is 3.19. The van der Waals surface area contributed by atoms with Gasteiger partial charge in [-0.1, -0.05) is 36.4 Å². The molecule has 0 fully saturated rings. The van der Waals surface area contributed by atoms with Crippen LogP contribution in [-0.4, -0.2) is 44.0 Å². The molecule has 9 heteroatoms. The zero-order valence-corrected chi connectivity index (χ0v) is 19.8. The Morgan fingerprint density at radius 2 is 1.85 bits per heavy atom. The Hall–Kier alpha value is -3.85. The quantitative estimate of drug-likeness (QED) is 0.415. The number of rotatable bonds is 8. The monoisotopic (exact) mass is 463 g/mol. The summed E-state index contributed by atoms with van der Waals surface area (Å²) in [5.41, 5.74) is 2.71. The molecule has 2 aromatic carbocycles. The molecule has 2 heterocycles. The van der Waals surface area contributed by atoms with E-state index < -0.39 is 17.4 Å². The van der Waals surface area contributed by atoms with Crippen LogP contribution >= 0.6 is 0 Å². The van der Waals surface area contributed by atoms with Crippen molar-refractivity contribution in [3.63, 3.8) is 0 Å². The summed E-state index contributed by atoms with van der Waals surface area (Å²) in [6, 6.07) is 15.6. The fraction of sp³-hybridized carbons (Fsp3) is 0.320. The summed E-state index contributed by atoms with van der Waals surface area (Å²) >= 11 is 0. The highest BCUT2D eigenvalue weighted by Crippen LogP contribution is 2.21. The molecule has 0 radical (unpaired) electrons. The predicted molar refractivity (Wildman–Crippen MR) is 132 cm³/mol. The van der Waals surface area contributed by atoms with Crippen molar-refractivity contribution < 1.29 is 9.84 Å². The van der Waals surface area contributed by atoms with Gasteiger partial charge in [0.2, 0.25) is 5.95 Å². The number of aryl methyl sites for hydroxylation is 3. The van der Waals surface area contributed by atoms with Gasteiger partial charge < -0.3 is 19.3 Å². The van der Waals surface area contributed by atoms with Gasteiger partial charge >= 0.3 is 5.69 Å². The van der Waals surface area contributed by atoms with Crippen LogP contribution in [0.15, 0.2) is 58.1 Å². The highest BCUT2D eigenvalue weighted by atomic mass is 16.5. The molecule has 0 saturated carbocycles. The summed E-state index contributed by atoms with van der Waals surface area (Å²) in [6.07, 6.45) is -0.917. The summed E-state index contributed by atoms with van der Waals surface area (Å²) in [7, 11) is 3.41. The number of hydrogen-bond acceptors (Lipinski definition) is 6. The largest absolute Gasteiger partial charge is 0.491 e. The van der Waals surface area contributed by atoms with E-state index in [1.165, 1.54) is 4.57 Å². The molecule has 0 unspecified atom stereocenters. The second-order valence-corrected chi connectivity index (χ2v) is 8.57. The summed E-state index contributed by atoms with van der Waals surface area (Å²) in [4.78, 5) is 33.7. The first-order valence-corrected chi connectivity index (χ1v) is 11.1. The van der Waals surface area contributed by atoms with Gasteiger partial charge in [0.05, 0.1) is 6.54 Å². The first-order chi connectivity index (χ1) is 16.2. The number of benzene rings is 2. The number of nitrogens with one attached hydrogen (secondary N) is 1. The average molecular weight is 464 g/mol. The Kier molecular flexibility index (Phi) is 6.56. The molecule has 0 aliphatic carbocycles. The van der Waals surface area contributed by atoms with Crippen LogP contribution < -0.4 is 20.9 Å². The van der Waals surface area contributed by atoms with Crippen molar-refractivity contribution in [2.45, 2.75) is 33.0 Å². The van der Waals surface area contributed by atoms with E-state index in [2.05, 4.69) is 9.97 Å². The number of aromatic amines is 1. The fourth-order valence-corrected chi connectivity index (χ4v) is 3.87. The lowest BCUT2D eigenvalue weighted by Gasteiger charge is -2.21. The van der Waals surface area contributed by atoms with Gasteiger partial charge in [0.25, 0.3) is 5.56 Å². The van der Waals surface area contributed by atoms with Gasteiger partial charge in [-0.2, -0.15) is 4.98 Å². The molecule has 34 heavy (non-hydrogen) atoms. The van der Waals surface area contributed by atoms with Crippen LogP contribution in [0, 0.1) is 13.8 Å². The first kappa shape index (κ1) is 23.3. The normalized spacial score (nSPS) is 12.1. The standard InChI is InChI=1S/C25H29N5O4/c1-16-10-11-20(12-17(16)2)34-15-19(31)14-30-21-22(29(4)25(33)27-23(21)32)26-24(30)28(3)13-18-8-6-5-7-9-18/h5-12,19,31H,13-15H2,1-4H3,(H,27,32,33)/t19-/m1/s1. The predicted octanol–water partition coefficient (Wildman–Crippen LogP) is 2.12. The molecule has 0 amide bonds. The van der Waals surface area contributed by atoms with Crippen molar-refractivity contribution in [3.05, 3.63) is 86.1 Å². The van der Waals surface area contributed by atoms with Crippen molar-refractivity contribution >= 4 is 17.1 Å².